The monoisotopic (exact) mass is 1470 g/mol. The molecule has 2 saturated heterocycles. The lowest BCUT2D eigenvalue weighted by Crippen LogP contribution is -2.63. The fourth-order valence-electron chi connectivity index (χ4n) is 11.3. The van der Waals surface area contributed by atoms with Crippen LogP contribution < -0.4 is 70.4 Å². The van der Waals surface area contributed by atoms with Gasteiger partial charge in [-0.1, -0.05) is 70.5 Å². The molecule has 20 N–H and O–H groups in total. The van der Waals surface area contributed by atoms with E-state index in [2.05, 4.69) is 58.2 Å². The van der Waals surface area contributed by atoms with E-state index < -0.39 is 229 Å². The van der Waals surface area contributed by atoms with Gasteiger partial charge in [0.15, 0.2) is 17.5 Å². The summed E-state index contributed by atoms with van der Waals surface area (Å²) >= 11 is 0. The van der Waals surface area contributed by atoms with Crippen LogP contribution >= 0.6 is 0 Å². The fourth-order valence-corrected chi connectivity index (χ4v) is 11.3. The Balaban J connectivity index is 1.89. The van der Waals surface area contributed by atoms with Crippen molar-refractivity contribution in [1.82, 2.24) is 67.9 Å². The zero-order valence-electron chi connectivity index (χ0n) is 59.9. The predicted molar refractivity (Wildman–Crippen MR) is 370 cm³/mol. The third-order valence-electron chi connectivity index (χ3n) is 17.9. The molecule has 37 heteroatoms. The molecule has 2 aromatic rings. The minimum atomic E-state index is -1.96. The maximum absolute atomic E-state index is 15.1. The molecule has 0 bridgehead atoms. The average molecular weight is 1470 g/mol. The predicted octanol–water partition coefficient (Wildman–Crippen LogP) is -5.25. The van der Waals surface area contributed by atoms with Crippen LogP contribution in [0.4, 0.5) is 4.39 Å². The fraction of sp³-hybridized carbons (Fsp3) is 0.582. The Morgan fingerprint density at radius 2 is 1.27 bits per heavy atom. The Morgan fingerprint density at radius 3 is 1.84 bits per heavy atom. The second-order valence-electron chi connectivity index (χ2n) is 26.3. The number of carbonyl (C=O) groups is 15. The first-order chi connectivity index (χ1) is 48.8. The summed E-state index contributed by atoms with van der Waals surface area (Å²) < 4.78 is 14.8. The van der Waals surface area contributed by atoms with E-state index in [4.69, 9.17) is 17.2 Å². The van der Waals surface area contributed by atoms with Crippen LogP contribution in [-0.4, -0.2) is 248 Å². The summed E-state index contributed by atoms with van der Waals surface area (Å²) in [5.74, 6) is -20.1. The molecular formula is C67H100FN17O19. The number of likely N-dealkylation sites (tertiary alicyclic amines) is 1. The second kappa shape index (κ2) is 40.3. The number of carboxylic acid groups (broad SMARTS) is 1. The molecule has 0 aromatic heterocycles. The number of hydrogen-bond acceptors (Lipinski definition) is 19. The van der Waals surface area contributed by atoms with Crippen LogP contribution in [0, 0.1) is 17.7 Å². The molecule has 2 aromatic carbocycles. The van der Waals surface area contributed by atoms with Crippen molar-refractivity contribution in [1.29, 1.82) is 0 Å². The van der Waals surface area contributed by atoms with E-state index in [0.29, 0.717) is 5.56 Å². The van der Waals surface area contributed by atoms with Crippen molar-refractivity contribution in [2.45, 2.75) is 204 Å². The first kappa shape index (κ1) is 85.8. The number of phenols is 1. The first-order valence-corrected chi connectivity index (χ1v) is 34.0. The minimum absolute atomic E-state index is 0.0153. The van der Waals surface area contributed by atoms with Gasteiger partial charge in [0.25, 0.3) is 0 Å². The van der Waals surface area contributed by atoms with Gasteiger partial charge in [0, 0.05) is 46.4 Å². The van der Waals surface area contributed by atoms with Gasteiger partial charge in [-0.25, -0.2) is 9.18 Å². The summed E-state index contributed by atoms with van der Waals surface area (Å²) in [7, 11) is 2.44. The van der Waals surface area contributed by atoms with Gasteiger partial charge >= 0.3 is 5.97 Å². The van der Waals surface area contributed by atoms with E-state index in [9.17, 15) is 91.9 Å². The van der Waals surface area contributed by atoms with E-state index in [1.54, 1.807) is 37.3 Å². The van der Waals surface area contributed by atoms with Crippen molar-refractivity contribution in [3.63, 3.8) is 0 Å². The van der Waals surface area contributed by atoms with Crippen molar-refractivity contribution in [2.24, 2.45) is 34.0 Å². The largest absolute Gasteiger partial charge is 0.505 e. The SMILES string of the molecule is CC[C@H](C)[C@@H]1NC(=O)CNC(=O)[C@H](Cc2ccc(O)c(F)c2)NC(=O)[C@H](C(C)O)NC(=O)[C@H](C)NC(=O)[C@H](CCC(N)=O)NC(=O)[C@H]([C@@H](C)O)NC(=O)[C@H](C(C)C)NC(=O)[C@H](Cc2ccccc2)N(C)C(=O)[C@H](C)N(C)C(=O)C[C@@H](C(=O)N2CCC[C@H]2C(=O)N[C@@H](CCCN=C(N)N)C(=O)O)NC1=O. The summed E-state index contributed by atoms with van der Waals surface area (Å²) in [5, 5.41) is 66.0. The molecule has 4 rings (SSSR count). The van der Waals surface area contributed by atoms with Crippen LogP contribution in [0.15, 0.2) is 53.5 Å². The molecule has 2 aliphatic rings. The lowest BCUT2D eigenvalue weighted by atomic mass is 9.97. The standard InChI is InChI=1S/C67H100FN17O19/c1-11-33(4)52-61(98)78-44(65(102)85-26-16-20-45(85)58(95)76-42(66(103)104)19-15-25-72-67(70)71)30-50(91)83(9)35(6)64(101)84(10)46(29-38-17-13-12-14-18-38)59(96)80-51(32(2)3)60(97)82-54(37(8)87)62(99)75-41(22-24-48(69)89)57(94)74-34(5)55(92)81-53(36(7)86)63(100)77-43(56(93)73-31-49(90)79-52)28-39-21-23-47(88)40(68)27-39/h12-14,17-18,21,23,27,32-37,41-46,51-54,86-88H,11,15-16,19-20,22,24-26,28-31H2,1-10H3,(H2,69,89)(H,73,93)(H,74,94)(H,75,99)(H,76,95)(H,77,100)(H,78,98)(H,79,90)(H,80,96)(H,81,92)(H,82,97)(H,103,104)(H4,70,71,72)/t33-,34-,35-,36?,37+,41-,42-,43-,44-,45-,46-,51-,52-,53-,54-/m0/s1. The molecule has 1 unspecified atom stereocenters. The number of hydrogen-bond donors (Lipinski definition) is 17. The number of halogens is 1. The number of phenolic OH excluding ortho intramolecular Hbond substituents is 1. The summed E-state index contributed by atoms with van der Waals surface area (Å²) in [5.41, 5.74) is 16.7. The third kappa shape index (κ3) is 25.4. The summed E-state index contributed by atoms with van der Waals surface area (Å²) in [6, 6.07) is -8.73. The number of nitrogens with zero attached hydrogens (tertiary/aromatic N) is 4. The van der Waals surface area contributed by atoms with E-state index in [1.165, 1.54) is 47.9 Å². The Bertz CT molecular complexity index is 3470. The number of amides is 14. The number of likely N-dealkylation sites (N-methyl/N-ethyl adjacent to an activating group) is 2. The maximum Gasteiger partial charge on any atom is 0.326 e. The van der Waals surface area contributed by atoms with Crippen LogP contribution in [0.2, 0.25) is 0 Å². The van der Waals surface area contributed by atoms with Crippen LogP contribution in [-0.2, 0) is 84.8 Å². The number of aliphatic hydroxyl groups excluding tert-OH is 2. The molecule has 15 atom stereocenters. The van der Waals surface area contributed by atoms with Crippen LogP contribution in [0.5, 0.6) is 5.75 Å². The van der Waals surface area contributed by atoms with E-state index in [1.807, 2.05) is 0 Å². The van der Waals surface area contributed by atoms with Crippen LogP contribution in [0.1, 0.15) is 118 Å². The molecule has 2 heterocycles. The molecule has 2 fully saturated rings. The van der Waals surface area contributed by atoms with Gasteiger partial charge < -0.3 is 105 Å². The lowest BCUT2D eigenvalue weighted by Gasteiger charge is -2.35. The number of carboxylic acids is 1. The van der Waals surface area contributed by atoms with Gasteiger partial charge in [-0.05, 0) is 94.9 Å². The van der Waals surface area contributed by atoms with Crippen LogP contribution in [0.25, 0.3) is 0 Å². The lowest BCUT2D eigenvalue weighted by molar-refractivity contribution is -0.149. The summed E-state index contributed by atoms with van der Waals surface area (Å²) in [6.07, 6.45) is -6.08. The van der Waals surface area contributed by atoms with Crippen LogP contribution in [0.3, 0.4) is 0 Å². The van der Waals surface area contributed by atoms with Crippen molar-refractivity contribution >= 4 is 94.6 Å². The molecule has 36 nitrogen and oxygen atoms in total. The van der Waals surface area contributed by atoms with E-state index in [-0.39, 0.29) is 63.1 Å². The molecule has 0 aliphatic carbocycles. The zero-order chi connectivity index (χ0) is 78.1. The first-order valence-electron chi connectivity index (χ1n) is 34.0. The maximum atomic E-state index is 15.1. The molecule has 104 heavy (non-hydrogen) atoms. The van der Waals surface area contributed by atoms with Gasteiger partial charge in [0.05, 0.1) is 25.2 Å². The second-order valence-corrected chi connectivity index (χ2v) is 26.3. The number of aliphatic carboxylic acids is 1. The number of aliphatic hydroxyl groups is 2. The van der Waals surface area contributed by atoms with Gasteiger partial charge in [0.1, 0.15) is 72.5 Å². The molecule has 574 valence electrons. The number of guanidine groups is 1. The number of rotatable bonds is 20. The topological polar surface area (TPSA) is 557 Å². The Labute approximate surface area is 600 Å². The van der Waals surface area contributed by atoms with Crippen molar-refractivity contribution in [3.8, 4) is 5.75 Å². The van der Waals surface area contributed by atoms with E-state index >= 15 is 4.79 Å². The highest BCUT2D eigenvalue weighted by atomic mass is 19.1. The molecule has 0 saturated carbocycles. The van der Waals surface area contributed by atoms with Gasteiger partial charge in [-0.2, -0.15) is 0 Å². The number of carbonyl (C=O) groups excluding carboxylic acids is 14. The third-order valence-corrected chi connectivity index (χ3v) is 17.9. The Kier molecular flexibility index (Phi) is 33.3. The average Bonchev–Trinajstić information content (AvgIpc) is 1.29. The number of aromatic hydroxyl groups is 1. The van der Waals surface area contributed by atoms with Gasteiger partial charge in [0.2, 0.25) is 82.7 Å². The molecule has 2 aliphatic heterocycles. The van der Waals surface area contributed by atoms with Gasteiger partial charge in [-0.15, -0.1) is 0 Å². The zero-order valence-corrected chi connectivity index (χ0v) is 59.9. The van der Waals surface area contributed by atoms with Crippen molar-refractivity contribution in [2.75, 3.05) is 33.7 Å². The molecule has 0 spiro atoms. The Morgan fingerprint density at radius 1 is 0.683 bits per heavy atom. The number of nitrogens with one attached hydrogen (secondary N) is 10. The molecule has 14 amide bonds. The van der Waals surface area contributed by atoms with Crippen molar-refractivity contribution < 1.29 is 96.7 Å². The summed E-state index contributed by atoms with van der Waals surface area (Å²) in [4.78, 5) is 218. The highest BCUT2D eigenvalue weighted by molar-refractivity contribution is 6.01. The van der Waals surface area contributed by atoms with E-state index in [0.717, 1.165) is 47.6 Å². The number of nitrogens with two attached hydrogens (primary N) is 3. The Hall–Kier alpha value is -10.6. The van der Waals surface area contributed by atoms with Gasteiger partial charge in [-0.3, -0.25) is 72.1 Å². The quantitative estimate of drug-likeness (QED) is 0.0335. The normalized spacial score (nSPS) is 25.2. The number of primary amides is 1. The minimum Gasteiger partial charge on any atom is -0.505 e. The highest BCUT2D eigenvalue weighted by Crippen LogP contribution is 2.23. The number of aliphatic imine (C=N–C) groups is 1. The smallest absolute Gasteiger partial charge is 0.326 e. The van der Waals surface area contributed by atoms with Crippen molar-refractivity contribution in [3.05, 3.63) is 65.5 Å². The molecule has 0 radical (unpaired) electrons. The highest BCUT2D eigenvalue weighted by Gasteiger charge is 2.44. The summed E-state index contributed by atoms with van der Waals surface area (Å²) in [6.45, 7) is 9.69. The number of benzene rings is 2. The molecular weight excluding hydrogens is 1370 g/mol.